The van der Waals surface area contributed by atoms with E-state index in [0.717, 1.165) is 6.29 Å². The van der Waals surface area contributed by atoms with Crippen LogP contribution in [0.5, 0.6) is 0 Å². The molecule has 0 rings (SSSR count). The smallest absolute Gasteiger partial charge is 0.305 e. The van der Waals surface area contributed by atoms with Crippen LogP contribution >= 0.6 is 0 Å². The maximum atomic E-state index is 11.4. The minimum absolute atomic E-state index is 0.240. The van der Waals surface area contributed by atoms with Crippen molar-refractivity contribution in [2.24, 2.45) is 0 Å². The predicted molar refractivity (Wildman–Crippen MR) is 88.4 cm³/mol. The molecule has 0 N–H and O–H groups in total. The molecule has 0 amide bonds. The lowest BCUT2D eigenvalue weighted by atomic mass is 10.1. The van der Waals surface area contributed by atoms with E-state index in [0.29, 0.717) is 19.3 Å². The Morgan fingerprint density at radius 2 is 1.57 bits per heavy atom. The normalized spacial score (nSPS) is 15.4. The number of ether oxygens (including phenoxy) is 1. The Labute approximate surface area is 130 Å². The zero-order valence-electron chi connectivity index (χ0n) is 14.4. The van der Waals surface area contributed by atoms with Gasteiger partial charge in [0.15, 0.2) is 16.6 Å². The van der Waals surface area contributed by atoms with Crippen LogP contribution in [0.3, 0.4) is 0 Å². The highest BCUT2D eigenvalue weighted by Crippen LogP contribution is 2.20. The molecule has 21 heavy (non-hydrogen) atoms. The summed E-state index contributed by atoms with van der Waals surface area (Å²) in [7, 11) is -2.26. The minimum Gasteiger partial charge on any atom is -0.469 e. The predicted octanol–water partition coefficient (Wildman–Crippen LogP) is 2.97. The number of carbonyl (C=O) groups excluding carboxylic acids is 2. The zero-order valence-corrected chi connectivity index (χ0v) is 16.4. The fourth-order valence-corrected chi connectivity index (χ4v) is 4.08. The highest BCUT2D eigenvalue weighted by molar-refractivity contribution is 6.70. The van der Waals surface area contributed by atoms with Crippen LogP contribution in [-0.4, -0.2) is 48.2 Å². The van der Waals surface area contributed by atoms with Gasteiger partial charge in [-0.2, -0.15) is 0 Å². The van der Waals surface area contributed by atoms with Crippen molar-refractivity contribution in [3.8, 4) is 0 Å². The van der Waals surface area contributed by atoms with E-state index in [9.17, 15) is 9.59 Å². The molecule has 0 aromatic carbocycles. The van der Waals surface area contributed by atoms with E-state index in [1.54, 1.807) is 0 Å². The van der Waals surface area contributed by atoms with Crippen LogP contribution < -0.4 is 0 Å². The lowest BCUT2D eigenvalue weighted by Crippen LogP contribution is -2.45. The van der Waals surface area contributed by atoms with Crippen molar-refractivity contribution in [2.75, 3.05) is 7.11 Å². The molecule has 0 spiro atoms. The molecule has 0 unspecified atom stereocenters. The molecule has 0 fully saturated rings. The van der Waals surface area contributed by atoms with Crippen LogP contribution in [0.15, 0.2) is 0 Å². The molecular weight excluding hydrogens is 304 g/mol. The van der Waals surface area contributed by atoms with Crippen LogP contribution in [0.4, 0.5) is 0 Å². The molecule has 7 heteroatoms. The summed E-state index contributed by atoms with van der Waals surface area (Å²) in [5.41, 5.74) is 0. The van der Waals surface area contributed by atoms with Crippen LogP contribution in [0.1, 0.15) is 19.3 Å². The Bertz CT molecular complexity index is 333. The molecule has 0 radical (unpaired) electrons. The van der Waals surface area contributed by atoms with Gasteiger partial charge in [-0.3, -0.25) is 4.79 Å². The van der Waals surface area contributed by atoms with Crippen molar-refractivity contribution >= 4 is 28.9 Å². The molecule has 0 heterocycles. The van der Waals surface area contributed by atoms with Crippen LogP contribution in [0.25, 0.3) is 0 Å². The molecule has 0 aliphatic rings. The van der Waals surface area contributed by atoms with Gasteiger partial charge >= 0.3 is 5.97 Å². The van der Waals surface area contributed by atoms with Crippen molar-refractivity contribution in [2.45, 2.75) is 70.8 Å². The van der Waals surface area contributed by atoms with Gasteiger partial charge in [-0.25, -0.2) is 0 Å². The molecule has 0 saturated carbocycles. The van der Waals surface area contributed by atoms with Crippen molar-refractivity contribution in [3.63, 3.8) is 0 Å². The zero-order chi connectivity index (χ0) is 16.7. The molecule has 0 aliphatic carbocycles. The number of esters is 1. The summed E-state index contributed by atoms with van der Waals surface area (Å²) in [4.78, 5) is 22.6. The van der Waals surface area contributed by atoms with Gasteiger partial charge in [-0.15, -0.1) is 0 Å². The van der Waals surface area contributed by atoms with Crippen molar-refractivity contribution < 1.29 is 23.2 Å². The van der Waals surface area contributed by atoms with E-state index in [2.05, 4.69) is 24.4 Å². The average molecular weight is 335 g/mol. The first-order valence-corrected chi connectivity index (χ1v) is 14.2. The van der Waals surface area contributed by atoms with E-state index in [-0.39, 0.29) is 12.1 Å². The number of carbonyl (C=O) groups is 2. The average Bonchev–Trinajstić information content (AvgIpc) is 2.31. The summed E-state index contributed by atoms with van der Waals surface area (Å²) in [6.45, 7) is 12.4. The fraction of sp³-hybridized carbons (Fsp3) is 0.857. The van der Waals surface area contributed by atoms with Gasteiger partial charge in [0.25, 0.3) is 0 Å². The maximum absolute atomic E-state index is 11.4. The Morgan fingerprint density at radius 1 is 1.05 bits per heavy atom. The second kappa shape index (κ2) is 8.82. The maximum Gasteiger partial charge on any atom is 0.305 e. The molecule has 0 saturated heterocycles. The van der Waals surface area contributed by atoms with Crippen LogP contribution in [-0.2, 0) is 23.2 Å². The summed E-state index contributed by atoms with van der Waals surface area (Å²) < 4.78 is 16.7. The van der Waals surface area contributed by atoms with Crippen LogP contribution in [0.2, 0.25) is 39.3 Å². The Hall–Kier alpha value is -0.506. The number of aldehydes is 1. The van der Waals surface area contributed by atoms with Crippen molar-refractivity contribution in [1.29, 1.82) is 0 Å². The molecule has 0 aromatic rings. The summed E-state index contributed by atoms with van der Waals surface area (Å²) in [6.07, 6.45) is 1.57. The first kappa shape index (κ1) is 20.5. The molecule has 124 valence electrons. The molecule has 0 aromatic heterocycles. The summed E-state index contributed by atoms with van der Waals surface area (Å²) in [5, 5.41) is 0. The van der Waals surface area contributed by atoms with Gasteiger partial charge in [0, 0.05) is 6.42 Å². The van der Waals surface area contributed by atoms with Gasteiger partial charge in [0.2, 0.25) is 0 Å². The van der Waals surface area contributed by atoms with Crippen molar-refractivity contribution in [1.82, 2.24) is 0 Å². The molecular formula is C14H30O5Si2. The van der Waals surface area contributed by atoms with Gasteiger partial charge in [0.1, 0.15) is 12.4 Å². The number of hydrogen-bond acceptors (Lipinski definition) is 5. The first-order valence-electron chi connectivity index (χ1n) is 7.36. The highest BCUT2D eigenvalue weighted by Gasteiger charge is 2.31. The van der Waals surface area contributed by atoms with Gasteiger partial charge in [-0.1, -0.05) is 0 Å². The highest BCUT2D eigenvalue weighted by atomic mass is 28.4. The third kappa shape index (κ3) is 10.8. The molecule has 5 nitrogen and oxygen atoms in total. The third-order valence-corrected chi connectivity index (χ3v) is 4.58. The standard InChI is InChI=1S/C14H30O5Si2/c1-17-14(16)10-8-9-12(18-20(2,3)4)13(11-15)19-21(5,6)7/h11-13H,8-10H2,1-7H3/t12-,13+/m0/s1. The number of hydrogen-bond donors (Lipinski definition) is 0. The second-order valence-corrected chi connectivity index (χ2v) is 16.0. The van der Waals surface area contributed by atoms with E-state index >= 15 is 0 Å². The van der Waals surface area contributed by atoms with E-state index in [1.165, 1.54) is 7.11 Å². The van der Waals surface area contributed by atoms with Gasteiger partial charge < -0.3 is 18.4 Å². The Morgan fingerprint density at radius 3 is 1.95 bits per heavy atom. The fourth-order valence-electron chi connectivity index (χ4n) is 1.89. The first-order chi connectivity index (χ1) is 9.48. The Kier molecular flexibility index (Phi) is 8.61. The monoisotopic (exact) mass is 334 g/mol. The summed E-state index contributed by atoms with van der Waals surface area (Å²) in [5.74, 6) is -0.240. The van der Waals surface area contributed by atoms with Gasteiger partial charge in [0.05, 0.1) is 13.2 Å². The topological polar surface area (TPSA) is 61.8 Å². The lowest BCUT2D eigenvalue weighted by Gasteiger charge is -2.33. The van der Waals surface area contributed by atoms with E-state index < -0.39 is 22.7 Å². The SMILES string of the molecule is COC(=O)CCC[C@H](O[Si](C)(C)C)[C@@H](C=O)O[Si](C)(C)C. The van der Waals surface area contributed by atoms with E-state index in [1.807, 2.05) is 19.6 Å². The summed E-state index contributed by atoms with van der Waals surface area (Å²) in [6, 6.07) is 0. The van der Waals surface area contributed by atoms with Gasteiger partial charge in [-0.05, 0) is 52.1 Å². The number of rotatable bonds is 10. The molecule has 0 aliphatic heterocycles. The number of methoxy groups -OCH3 is 1. The lowest BCUT2D eigenvalue weighted by molar-refractivity contribution is -0.140. The summed E-state index contributed by atoms with van der Waals surface area (Å²) >= 11 is 0. The van der Waals surface area contributed by atoms with Crippen LogP contribution in [0, 0.1) is 0 Å². The minimum atomic E-state index is -1.83. The third-order valence-electron chi connectivity index (χ3n) is 2.59. The van der Waals surface area contributed by atoms with Crippen molar-refractivity contribution in [3.05, 3.63) is 0 Å². The quantitative estimate of drug-likeness (QED) is 0.349. The molecule has 0 bridgehead atoms. The molecule has 2 atom stereocenters. The second-order valence-electron chi connectivity index (χ2n) is 7.07. The Balaban J connectivity index is 4.77. The largest absolute Gasteiger partial charge is 0.469 e. The van der Waals surface area contributed by atoms with E-state index in [4.69, 9.17) is 8.85 Å².